The molecule has 22 heavy (non-hydrogen) atoms. The lowest BCUT2D eigenvalue weighted by Crippen LogP contribution is -2.38. The van der Waals surface area contributed by atoms with Crippen LogP contribution >= 0.6 is 35.6 Å². The molecule has 0 aromatic heterocycles. The van der Waals surface area contributed by atoms with Crippen LogP contribution in [0.25, 0.3) is 0 Å². The van der Waals surface area contributed by atoms with Crippen molar-refractivity contribution >= 4 is 41.5 Å². The van der Waals surface area contributed by atoms with Gasteiger partial charge in [-0.05, 0) is 38.0 Å². The van der Waals surface area contributed by atoms with E-state index in [0.29, 0.717) is 0 Å². The number of nitrogens with zero attached hydrogens (tertiary/aromatic N) is 2. The maximum absolute atomic E-state index is 6.02. The summed E-state index contributed by atoms with van der Waals surface area (Å²) in [6.07, 6.45) is 0.938. The van der Waals surface area contributed by atoms with Crippen LogP contribution < -0.4 is 5.32 Å². The number of aliphatic imine (C=N–C) groups is 1. The van der Waals surface area contributed by atoms with Crippen LogP contribution in [-0.2, 0) is 11.3 Å². The molecule has 0 aliphatic heterocycles. The topological polar surface area (TPSA) is 36.9 Å². The van der Waals surface area contributed by atoms with Gasteiger partial charge in [-0.25, -0.2) is 0 Å². The van der Waals surface area contributed by atoms with Crippen molar-refractivity contribution in [1.82, 2.24) is 10.2 Å². The number of hydrogen-bond donors (Lipinski definition) is 1. The van der Waals surface area contributed by atoms with Crippen molar-refractivity contribution in [2.75, 3.05) is 33.4 Å². The summed E-state index contributed by atoms with van der Waals surface area (Å²) in [6.45, 7) is 8.00. The first-order chi connectivity index (χ1) is 10.2. The fourth-order valence-electron chi connectivity index (χ4n) is 1.95. The normalized spacial score (nSPS) is 11.0. The van der Waals surface area contributed by atoms with Crippen molar-refractivity contribution in [3.05, 3.63) is 34.9 Å². The molecule has 0 unspecified atom stereocenters. The number of hydrogen-bond acceptors (Lipinski definition) is 2. The Morgan fingerprint density at radius 1 is 1.36 bits per heavy atom. The zero-order valence-electron chi connectivity index (χ0n) is 13.6. The van der Waals surface area contributed by atoms with Crippen molar-refractivity contribution in [2.45, 2.75) is 26.8 Å². The second-order valence-electron chi connectivity index (χ2n) is 4.77. The van der Waals surface area contributed by atoms with Gasteiger partial charge in [-0.15, -0.1) is 24.0 Å². The third-order valence-electron chi connectivity index (χ3n) is 2.92. The molecule has 1 aromatic carbocycles. The van der Waals surface area contributed by atoms with Gasteiger partial charge >= 0.3 is 0 Å². The molecule has 0 fully saturated rings. The Labute approximate surface area is 156 Å². The van der Waals surface area contributed by atoms with E-state index in [2.05, 4.69) is 28.2 Å². The zero-order chi connectivity index (χ0) is 15.5. The summed E-state index contributed by atoms with van der Waals surface area (Å²) in [5.41, 5.74) is 1.17. The summed E-state index contributed by atoms with van der Waals surface area (Å²) in [7, 11) is 2.03. The highest BCUT2D eigenvalue weighted by Gasteiger charge is 2.06. The van der Waals surface area contributed by atoms with Crippen LogP contribution in [0.3, 0.4) is 0 Å². The molecular weight excluding hydrogens is 413 g/mol. The summed E-state index contributed by atoms with van der Waals surface area (Å²) in [4.78, 5) is 6.73. The van der Waals surface area contributed by atoms with Crippen LogP contribution in [0.2, 0.25) is 5.02 Å². The van der Waals surface area contributed by atoms with E-state index in [1.54, 1.807) is 0 Å². The molecule has 0 bridgehead atoms. The summed E-state index contributed by atoms with van der Waals surface area (Å²) in [5.74, 6) is 0.911. The van der Waals surface area contributed by atoms with E-state index in [1.165, 1.54) is 5.56 Å². The molecule has 1 rings (SSSR count). The Kier molecular flexibility index (Phi) is 12.6. The van der Waals surface area contributed by atoms with Gasteiger partial charge in [-0.3, -0.25) is 4.99 Å². The predicted octanol–water partition coefficient (Wildman–Crippen LogP) is 3.78. The number of halogens is 2. The Bertz CT molecular complexity index is 443. The smallest absolute Gasteiger partial charge is 0.193 e. The Balaban J connectivity index is 0.00000441. The van der Waals surface area contributed by atoms with E-state index in [1.807, 2.05) is 32.2 Å². The molecule has 6 heteroatoms. The largest absolute Gasteiger partial charge is 0.382 e. The quantitative estimate of drug-likeness (QED) is 0.290. The second kappa shape index (κ2) is 13.0. The standard InChI is InChI=1S/C16H26ClN3O.HI/c1-4-18-16(19-10-7-11-21-5-2)20(3)13-14-8-6-9-15(17)12-14;/h6,8-9,12H,4-5,7,10-11,13H2,1-3H3,(H,18,19);1H. The molecule has 0 radical (unpaired) electrons. The van der Waals surface area contributed by atoms with E-state index in [-0.39, 0.29) is 24.0 Å². The van der Waals surface area contributed by atoms with Crippen LogP contribution in [0, 0.1) is 0 Å². The minimum absolute atomic E-state index is 0. The van der Waals surface area contributed by atoms with Crippen molar-refractivity contribution in [3.8, 4) is 0 Å². The minimum atomic E-state index is 0. The zero-order valence-corrected chi connectivity index (χ0v) is 16.7. The van der Waals surface area contributed by atoms with Gasteiger partial charge in [0, 0.05) is 44.9 Å². The van der Waals surface area contributed by atoms with Gasteiger partial charge in [0.25, 0.3) is 0 Å². The molecule has 0 spiro atoms. The third-order valence-corrected chi connectivity index (χ3v) is 3.15. The molecule has 0 saturated carbocycles. The van der Waals surface area contributed by atoms with E-state index >= 15 is 0 Å². The van der Waals surface area contributed by atoms with E-state index < -0.39 is 0 Å². The lowest BCUT2D eigenvalue weighted by atomic mass is 10.2. The van der Waals surface area contributed by atoms with Crippen LogP contribution in [0.5, 0.6) is 0 Å². The van der Waals surface area contributed by atoms with Crippen LogP contribution in [-0.4, -0.2) is 44.2 Å². The molecule has 0 heterocycles. The fourth-order valence-corrected chi connectivity index (χ4v) is 2.16. The molecule has 0 amide bonds. The van der Waals surface area contributed by atoms with Gasteiger partial charge in [0.1, 0.15) is 0 Å². The number of benzene rings is 1. The van der Waals surface area contributed by atoms with Crippen LogP contribution in [0.1, 0.15) is 25.8 Å². The lowest BCUT2D eigenvalue weighted by molar-refractivity contribution is 0.146. The average Bonchev–Trinajstić information content (AvgIpc) is 2.46. The van der Waals surface area contributed by atoms with Crippen molar-refractivity contribution in [1.29, 1.82) is 0 Å². The summed E-state index contributed by atoms with van der Waals surface area (Å²) >= 11 is 6.02. The number of ether oxygens (including phenoxy) is 1. The molecule has 0 atom stereocenters. The monoisotopic (exact) mass is 439 g/mol. The number of nitrogens with one attached hydrogen (secondary N) is 1. The highest BCUT2D eigenvalue weighted by Crippen LogP contribution is 2.12. The van der Waals surface area contributed by atoms with Crippen LogP contribution in [0.15, 0.2) is 29.3 Å². The van der Waals surface area contributed by atoms with Gasteiger partial charge in [-0.2, -0.15) is 0 Å². The Morgan fingerprint density at radius 3 is 2.77 bits per heavy atom. The summed E-state index contributed by atoms with van der Waals surface area (Å²) in [5, 5.41) is 4.07. The number of rotatable bonds is 8. The first-order valence-corrected chi connectivity index (χ1v) is 7.86. The first kappa shape index (κ1) is 21.5. The predicted molar refractivity (Wildman–Crippen MR) is 105 cm³/mol. The van der Waals surface area contributed by atoms with Crippen molar-refractivity contribution in [3.63, 3.8) is 0 Å². The molecule has 0 aliphatic carbocycles. The van der Waals surface area contributed by atoms with Crippen LogP contribution in [0.4, 0.5) is 0 Å². The first-order valence-electron chi connectivity index (χ1n) is 7.49. The Morgan fingerprint density at radius 2 is 2.14 bits per heavy atom. The summed E-state index contributed by atoms with van der Waals surface area (Å²) < 4.78 is 5.33. The maximum Gasteiger partial charge on any atom is 0.193 e. The van der Waals surface area contributed by atoms with Gasteiger partial charge < -0.3 is 15.0 Å². The Hall–Kier alpha value is -0.530. The average molecular weight is 440 g/mol. The third kappa shape index (κ3) is 8.80. The van der Waals surface area contributed by atoms with Crippen molar-refractivity contribution < 1.29 is 4.74 Å². The van der Waals surface area contributed by atoms with E-state index in [9.17, 15) is 0 Å². The summed E-state index contributed by atoms with van der Waals surface area (Å²) in [6, 6.07) is 7.91. The van der Waals surface area contributed by atoms with Gasteiger partial charge in [0.2, 0.25) is 0 Å². The van der Waals surface area contributed by atoms with Gasteiger partial charge in [0.15, 0.2) is 5.96 Å². The molecule has 0 aliphatic rings. The highest BCUT2D eigenvalue weighted by atomic mass is 127. The van der Waals surface area contributed by atoms with Crippen molar-refractivity contribution in [2.24, 2.45) is 4.99 Å². The van der Waals surface area contributed by atoms with Gasteiger partial charge in [-0.1, -0.05) is 23.7 Å². The number of guanidine groups is 1. The fraction of sp³-hybridized carbons (Fsp3) is 0.562. The van der Waals surface area contributed by atoms with E-state index in [4.69, 9.17) is 16.3 Å². The SMILES string of the molecule is CCNC(=NCCCOCC)N(C)Cc1cccc(Cl)c1.I. The molecule has 4 nitrogen and oxygen atoms in total. The maximum atomic E-state index is 6.02. The highest BCUT2D eigenvalue weighted by molar-refractivity contribution is 14.0. The molecule has 1 N–H and O–H groups in total. The second-order valence-corrected chi connectivity index (χ2v) is 5.21. The molecule has 126 valence electrons. The van der Waals surface area contributed by atoms with Gasteiger partial charge in [0.05, 0.1) is 0 Å². The lowest BCUT2D eigenvalue weighted by Gasteiger charge is -2.22. The minimum Gasteiger partial charge on any atom is -0.382 e. The van der Waals surface area contributed by atoms with E-state index in [0.717, 1.165) is 50.3 Å². The molecule has 0 saturated heterocycles. The molecule has 1 aromatic rings. The molecular formula is C16H27ClIN3O.